The standard InChI is InChI=1S/C22H34N6O2/c1-4-23-22(24-14-6-5-7-17-8-11-19(30-3)12-9-17)25-18-10-13-21-26-20(16-29-2)27-28(21)15-18/h8-9,11-12,18H,4-7,10,13-16H2,1-3H3,(H2,23,24,25). The SMILES string of the molecule is CCNC(=NCCCCc1ccc(OC)cc1)NC1CCc2nc(COC)nn2C1. The van der Waals surface area contributed by atoms with Crippen molar-refractivity contribution in [1.29, 1.82) is 0 Å². The first-order valence-electron chi connectivity index (χ1n) is 10.8. The van der Waals surface area contributed by atoms with E-state index in [2.05, 4.69) is 39.8 Å². The summed E-state index contributed by atoms with van der Waals surface area (Å²) in [5.41, 5.74) is 1.34. The molecule has 1 atom stereocenters. The van der Waals surface area contributed by atoms with Crippen molar-refractivity contribution in [2.45, 2.75) is 58.2 Å². The number of nitrogens with one attached hydrogen (secondary N) is 2. The van der Waals surface area contributed by atoms with E-state index in [0.717, 1.165) is 75.1 Å². The van der Waals surface area contributed by atoms with Crippen LogP contribution in [0.15, 0.2) is 29.3 Å². The second-order valence-corrected chi connectivity index (χ2v) is 7.51. The minimum atomic E-state index is 0.298. The minimum absolute atomic E-state index is 0.298. The maximum absolute atomic E-state index is 5.21. The van der Waals surface area contributed by atoms with Gasteiger partial charge in [0.15, 0.2) is 11.8 Å². The molecular formula is C22H34N6O2. The van der Waals surface area contributed by atoms with E-state index in [4.69, 9.17) is 14.5 Å². The Balaban J connectivity index is 1.44. The molecule has 1 aliphatic heterocycles. The number of aliphatic imine (C=N–C) groups is 1. The highest BCUT2D eigenvalue weighted by molar-refractivity contribution is 5.80. The number of unbranched alkanes of at least 4 members (excludes halogenated alkanes) is 1. The molecule has 0 fully saturated rings. The molecule has 164 valence electrons. The predicted octanol–water partition coefficient (Wildman–Crippen LogP) is 2.33. The van der Waals surface area contributed by atoms with Crippen LogP contribution in [0.25, 0.3) is 0 Å². The monoisotopic (exact) mass is 414 g/mol. The quantitative estimate of drug-likeness (QED) is 0.353. The highest BCUT2D eigenvalue weighted by Crippen LogP contribution is 2.14. The molecular weight excluding hydrogens is 380 g/mol. The molecule has 0 amide bonds. The molecule has 1 aromatic carbocycles. The molecule has 30 heavy (non-hydrogen) atoms. The van der Waals surface area contributed by atoms with Crippen molar-refractivity contribution in [3.63, 3.8) is 0 Å². The number of ether oxygens (including phenoxy) is 2. The topological polar surface area (TPSA) is 85.6 Å². The van der Waals surface area contributed by atoms with E-state index >= 15 is 0 Å². The molecule has 1 unspecified atom stereocenters. The molecule has 0 bridgehead atoms. The van der Waals surface area contributed by atoms with Crippen LogP contribution in [0.2, 0.25) is 0 Å². The van der Waals surface area contributed by atoms with Gasteiger partial charge in [0, 0.05) is 32.7 Å². The number of benzene rings is 1. The van der Waals surface area contributed by atoms with Gasteiger partial charge in [-0.15, -0.1) is 0 Å². The predicted molar refractivity (Wildman–Crippen MR) is 118 cm³/mol. The van der Waals surface area contributed by atoms with Crippen LogP contribution in [-0.4, -0.2) is 54.1 Å². The Morgan fingerprint density at radius 3 is 2.80 bits per heavy atom. The number of hydrogen-bond acceptors (Lipinski definition) is 5. The van der Waals surface area contributed by atoms with E-state index < -0.39 is 0 Å². The highest BCUT2D eigenvalue weighted by Gasteiger charge is 2.22. The van der Waals surface area contributed by atoms with Gasteiger partial charge in [0.05, 0.1) is 13.7 Å². The van der Waals surface area contributed by atoms with Crippen LogP contribution in [0.5, 0.6) is 5.75 Å². The zero-order valence-electron chi connectivity index (χ0n) is 18.4. The molecule has 0 spiro atoms. The average Bonchev–Trinajstić information content (AvgIpc) is 3.16. The van der Waals surface area contributed by atoms with Gasteiger partial charge in [-0.25, -0.2) is 9.67 Å². The van der Waals surface area contributed by atoms with E-state index in [1.54, 1.807) is 14.2 Å². The lowest BCUT2D eigenvalue weighted by molar-refractivity contribution is 0.177. The van der Waals surface area contributed by atoms with Crippen LogP contribution in [0, 0.1) is 0 Å². The first-order chi connectivity index (χ1) is 14.7. The number of fused-ring (bicyclic) bond motifs is 1. The van der Waals surface area contributed by atoms with E-state index in [0.29, 0.717) is 12.6 Å². The maximum atomic E-state index is 5.21. The summed E-state index contributed by atoms with van der Waals surface area (Å²) in [6, 6.07) is 8.60. The molecule has 0 saturated carbocycles. The zero-order chi connectivity index (χ0) is 21.2. The van der Waals surface area contributed by atoms with Gasteiger partial charge in [-0.3, -0.25) is 4.99 Å². The van der Waals surface area contributed by atoms with Gasteiger partial charge in [0.2, 0.25) is 0 Å². The number of aryl methyl sites for hydroxylation is 2. The number of guanidine groups is 1. The summed E-state index contributed by atoms with van der Waals surface area (Å²) in [6.45, 7) is 5.00. The van der Waals surface area contributed by atoms with E-state index in [1.807, 2.05) is 16.8 Å². The largest absolute Gasteiger partial charge is 0.497 e. The fourth-order valence-electron chi connectivity index (χ4n) is 3.61. The number of rotatable bonds is 10. The van der Waals surface area contributed by atoms with Gasteiger partial charge in [0.1, 0.15) is 18.2 Å². The normalized spacial score (nSPS) is 16.2. The van der Waals surface area contributed by atoms with E-state index in [-0.39, 0.29) is 0 Å². The molecule has 2 N–H and O–H groups in total. The van der Waals surface area contributed by atoms with Gasteiger partial charge >= 0.3 is 0 Å². The molecule has 1 aromatic heterocycles. The molecule has 1 aliphatic rings. The van der Waals surface area contributed by atoms with Gasteiger partial charge < -0.3 is 20.1 Å². The first-order valence-corrected chi connectivity index (χ1v) is 10.8. The Morgan fingerprint density at radius 2 is 2.07 bits per heavy atom. The van der Waals surface area contributed by atoms with Crippen molar-refractivity contribution in [2.75, 3.05) is 27.3 Å². The summed E-state index contributed by atoms with van der Waals surface area (Å²) in [7, 11) is 3.36. The lowest BCUT2D eigenvalue weighted by atomic mass is 10.1. The van der Waals surface area contributed by atoms with Crippen LogP contribution >= 0.6 is 0 Å². The van der Waals surface area contributed by atoms with Crippen LogP contribution in [0.4, 0.5) is 0 Å². The van der Waals surface area contributed by atoms with Gasteiger partial charge in [-0.05, 0) is 50.3 Å². The lowest BCUT2D eigenvalue weighted by Crippen LogP contribution is -2.47. The number of nitrogens with zero attached hydrogens (tertiary/aromatic N) is 4. The third-order valence-corrected chi connectivity index (χ3v) is 5.16. The third kappa shape index (κ3) is 6.45. The molecule has 0 saturated heterocycles. The fraction of sp³-hybridized carbons (Fsp3) is 0.591. The van der Waals surface area contributed by atoms with Crippen molar-refractivity contribution in [2.24, 2.45) is 4.99 Å². The molecule has 8 nitrogen and oxygen atoms in total. The molecule has 3 rings (SSSR count). The Kier molecular flexibility index (Phi) is 8.50. The first kappa shape index (κ1) is 22.1. The zero-order valence-corrected chi connectivity index (χ0v) is 18.4. The van der Waals surface area contributed by atoms with Crippen molar-refractivity contribution in [1.82, 2.24) is 25.4 Å². The molecule has 2 aromatic rings. The van der Waals surface area contributed by atoms with Gasteiger partial charge in [0.25, 0.3) is 0 Å². The van der Waals surface area contributed by atoms with Crippen molar-refractivity contribution < 1.29 is 9.47 Å². The van der Waals surface area contributed by atoms with Crippen molar-refractivity contribution in [3.8, 4) is 5.75 Å². The van der Waals surface area contributed by atoms with Crippen LogP contribution in [0.3, 0.4) is 0 Å². The smallest absolute Gasteiger partial charge is 0.191 e. The number of aromatic nitrogens is 3. The molecule has 8 heteroatoms. The number of hydrogen-bond donors (Lipinski definition) is 2. The van der Waals surface area contributed by atoms with Gasteiger partial charge in [-0.1, -0.05) is 12.1 Å². The summed E-state index contributed by atoms with van der Waals surface area (Å²) in [4.78, 5) is 9.31. The maximum Gasteiger partial charge on any atom is 0.191 e. The minimum Gasteiger partial charge on any atom is -0.497 e. The lowest BCUT2D eigenvalue weighted by Gasteiger charge is -2.25. The second kappa shape index (κ2) is 11.5. The number of methoxy groups -OCH3 is 2. The summed E-state index contributed by atoms with van der Waals surface area (Å²) in [5, 5.41) is 11.5. The Hall–Kier alpha value is -2.61. The summed E-state index contributed by atoms with van der Waals surface area (Å²) < 4.78 is 12.3. The molecule has 0 aliphatic carbocycles. The average molecular weight is 415 g/mol. The highest BCUT2D eigenvalue weighted by atomic mass is 16.5. The van der Waals surface area contributed by atoms with Crippen LogP contribution in [-0.2, 0) is 30.7 Å². The van der Waals surface area contributed by atoms with Crippen molar-refractivity contribution in [3.05, 3.63) is 41.5 Å². The van der Waals surface area contributed by atoms with Crippen LogP contribution in [0.1, 0.15) is 43.4 Å². The fourth-order valence-corrected chi connectivity index (χ4v) is 3.61. The molecule has 0 radical (unpaired) electrons. The van der Waals surface area contributed by atoms with Crippen LogP contribution < -0.4 is 15.4 Å². The van der Waals surface area contributed by atoms with E-state index in [9.17, 15) is 0 Å². The summed E-state index contributed by atoms with van der Waals surface area (Å²) >= 11 is 0. The van der Waals surface area contributed by atoms with E-state index in [1.165, 1.54) is 5.56 Å². The Morgan fingerprint density at radius 1 is 1.23 bits per heavy atom. The van der Waals surface area contributed by atoms with Crippen molar-refractivity contribution >= 4 is 5.96 Å². The summed E-state index contributed by atoms with van der Waals surface area (Å²) in [6.07, 6.45) is 5.16. The third-order valence-electron chi connectivity index (χ3n) is 5.16. The Labute approximate surface area is 179 Å². The van der Waals surface area contributed by atoms with Gasteiger partial charge in [-0.2, -0.15) is 5.10 Å². The second-order valence-electron chi connectivity index (χ2n) is 7.51. The summed E-state index contributed by atoms with van der Waals surface area (Å²) in [5.74, 6) is 3.58. The molecule has 2 heterocycles. The Bertz CT molecular complexity index is 802.